The summed E-state index contributed by atoms with van der Waals surface area (Å²) in [6.07, 6.45) is 2.06. The maximum absolute atomic E-state index is 11.1. The average molecular weight is 154 g/mol. The molecule has 1 rings (SSSR count). The first-order valence-electron chi connectivity index (χ1n) is 3.87. The van der Waals surface area contributed by atoms with Crippen molar-refractivity contribution in [1.29, 1.82) is 0 Å². The first-order chi connectivity index (χ1) is 5.11. The van der Waals surface area contributed by atoms with E-state index < -0.39 is 0 Å². The van der Waals surface area contributed by atoms with E-state index in [1.165, 1.54) is 0 Å². The van der Waals surface area contributed by atoms with Gasteiger partial charge in [0.15, 0.2) is 0 Å². The quantitative estimate of drug-likeness (QED) is 0.415. The third-order valence-corrected chi connectivity index (χ3v) is 1.85. The standard InChI is InChI=1S/C8H14N2O/c1-6(10(2)3)9-8(11)7-4-5-7/h7H,4-5H2,1-3H3. The van der Waals surface area contributed by atoms with Gasteiger partial charge in [0.05, 0.1) is 0 Å². The molecule has 0 unspecified atom stereocenters. The van der Waals surface area contributed by atoms with Gasteiger partial charge in [0, 0.05) is 20.0 Å². The fraction of sp³-hybridized carbons (Fsp3) is 0.750. The lowest BCUT2D eigenvalue weighted by atomic mass is 10.4. The number of amides is 1. The SMILES string of the molecule is CC(=NC(=O)C1CC1)N(C)C. The highest BCUT2D eigenvalue weighted by Crippen LogP contribution is 2.30. The zero-order chi connectivity index (χ0) is 8.43. The van der Waals surface area contributed by atoms with Crippen LogP contribution in [0.5, 0.6) is 0 Å². The molecule has 0 aromatic heterocycles. The third kappa shape index (κ3) is 2.33. The molecule has 0 atom stereocenters. The van der Waals surface area contributed by atoms with Gasteiger partial charge in [0.25, 0.3) is 0 Å². The number of aliphatic imine (C=N–C) groups is 1. The Morgan fingerprint density at radius 1 is 1.45 bits per heavy atom. The molecule has 62 valence electrons. The molecule has 0 aromatic rings. The second-order valence-corrected chi connectivity index (χ2v) is 3.17. The minimum absolute atomic E-state index is 0.0520. The summed E-state index contributed by atoms with van der Waals surface area (Å²) in [5.41, 5.74) is 0. The van der Waals surface area contributed by atoms with Gasteiger partial charge in [0.2, 0.25) is 5.91 Å². The van der Waals surface area contributed by atoms with E-state index in [2.05, 4.69) is 4.99 Å². The van der Waals surface area contributed by atoms with E-state index in [0.29, 0.717) is 0 Å². The fourth-order valence-corrected chi connectivity index (χ4v) is 0.681. The highest BCUT2D eigenvalue weighted by Gasteiger charge is 2.29. The first kappa shape index (κ1) is 8.24. The molecule has 0 radical (unpaired) electrons. The van der Waals surface area contributed by atoms with Gasteiger partial charge in [-0.1, -0.05) is 0 Å². The molecule has 0 aliphatic heterocycles. The maximum Gasteiger partial charge on any atom is 0.250 e. The Labute approximate surface area is 67.1 Å². The van der Waals surface area contributed by atoms with Crippen LogP contribution in [0.4, 0.5) is 0 Å². The molecule has 0 aromatic carbocycles. The van der Waals surface area contributed by atoms with Crippen molar-refractivity contribution in [3.63, 3.8) is 0 Å². The monoisotopic (exact) mass is 154 g/mol. The molecule has 11 heavy (non-hydrogen) atoms. The van der Waals surface area contributed by atoms with Gasteiger partial charge in [-0.05, 0) is 19.8 Å². The number of carbonyl (C=O) groups excluding carboxylic acids is 1. The molecule has 1 amide bonds. The topological polar surface area (TPSA) is 32.7 Å². The lowest BCUT2D eigenvalue weighted by Crippen LogP contribution is -2.20. The number of amidine groups is 1. The zero-order valence-electron chi connectivity index (χ0n) is 7.29. The molecular weight excluding hydrogens is 140 g/mol. The van der Waals surface area contributed by atoms with Crippen LogP contribution in [0.25, 0.3) is 0 Å². The number of hydrogen-bond donors (Lipinski definition) is 0. The van der Waals surface area contributed by atoms with Crippen LogP contribution in [0, 0.1) is 5.92 Å². The molecule has 1 saturated carbocycles. The highest BCUT2D eigenvalue weighted by molar-refractivity contribution is 5.94. The molecule has 0 N–H and O–H groups in total. The molecule has 0 saturated heterocycles. The summed E-state index contributed by atoms with van der Waals surface area (Å²) in [7, 11) is 3.78. The Bertz CT molecular complexity index is 192. The summed E-state index contributed by atoms with van der Waals surface area (Å²) < 4.78 is 0. The molecular formula is C8H14N2O. The molecule has 0 heterocycles. The van der Waals surface area contributed by atoms with E-state index in [1.54, 1.807) is 0 Å². The molecule has 0 bridgehead atoms. The Kier molecular flexibility index (Phi) is 2.27. The maximum atomic E-state index is 11.1. The zero-order valence-corrected chi connectivity index (χ0v) is 7.29. The van der Waals surface area contributed by atoms with Gasteiger partial charge in [-0.2, -0.15) is 0 Å². The summed E-state index contributed by atoms with van der Waals surface area (Å²) in [6.45, 7) is 1.85. The summed E-state index contributed by atoms with van der Waals surface area (Å²) in [4.78, 5) is 16.9. The minimum Gasteiger partial charge on any atom is -0.366 e. The number of carbonyl (C=O) groups is 1. The van der Waals surface area contributed by atoms with E-state index in [1.807, 2.05) is 25.9 Å². The van der Waals surface area contributed by atoms with Gasteiger partial charge >= 0.3 is 0 Å². The Morgan fingerprint density at radius 3 is 2.36 bits per heavy atom. The number of hydrogen-bond acceptors (Lipinski definition) is 1. The molecule has 1 aliphatic carbocycles. The van der Waals surface area contributed by atoms with Crippen LogP contribution in [0.1, 0.15) is 19.8 Å². The van der Waals surface area contributed by atoms with Crippen LogP contribution in [0.2, 0.25) is 0 Å². The summed E-state index contributed by atoms with van der Waals surface area (Å²) >= 11 is 0. The summed E-state index contributed by atoms with van der Waals surface area (Å²) in [6, 6.07) is 0. The van der Waals surface area contributed by atoms with Crippen molar-refractivity contribution in [2.75, 3.05) is 14.1 Å². The van der Waals surface area contributed by atoms with Crippen LogP contribution in [0.15, 0.2) is 4.99 Å². The predicted molar refractivity (Wildman–Crippen MR) is 44.5 cm³/mol. The first-order valence-corrected chi connectivity index (χ1v) is 3.87. The van der Waals surface area contributed by atoms with Gasteiger partial charge in [-0.15, -0.1) is 0 Å². The van der Waals surface area contributed by atoms with Gasteiger partial charge in [0.1, 0.15) is 5.84 Å². The molecule has 1 fully saturated rings. The van der Waals surface area contributed by atoms with E-state index in [4.69, 9.17) is 0 Å². The van der Waals surface area contributed by atoms with Crippen molar-refractivity contribution in [3.05, 3.63) is 0 Å². The van der Waals surface area contributed by atoms with Crippen molar-refractivity contribution >= 4 is 11.7 Å². The van der Waals surface area contributed by atoms with Gasteiger partial charge in [-0.25, -0.2) is 4.99 Å². The molecule has 3 nitrogen and oxygen atoms in total. The van der Waals surface area contributed by atoms with Crippen LogP contribution >= 0.6 is 0 Å². The van der Waals surface area contributed by atoms with E-state index in [9.17, 15) is 4.79 Å². The molecule has 0 spiro atoms. The molecule has 1 aliphatic rings. The molecule has 3 heteroatoms. The predicted octanol–water partition coefficient (Wildman–Crippen LogP) is 0.903. The van der Waals surface area contributed by atoms with Crippen molar-refractivity contribution in [3.8, 4) is 0 Å². The second kappa shape index (κ2) is 3.03. The Balaban J connectivity index is 2.48. The number of nitrogens with zero attached hydrogens (tertiary/aromatic N) is 2. The van der Waals surface area contributed by atoms with E-state index in [-0.39, 0.29) is 11.8 Å². The van der Waals surface area contributed by atoms with Crippen LogP contribution in [0.3, 0.4) is 0 Å². The Hall–Kier alpha value is -0.860. The van der Waals surface area contributed by atoms with Gasteiger partial charge in [-0.3, -0.25) is 4.79 Å². The van der Waals surface area contributed by atoms with E-state index in [0.717, 1.165) is 18.7 Å². The fourth-order valence-electron chi connectivity index (χ4n) is 0.681. The number of rotatable bonds is 1. The van der Waals surface area contributed by atoms with Crippen LogP contribution in [-0.2, 0) is 4.79 Å². The largest absolute Gasteiger partial charge is 0.366 e. The minimum atomic E-state index is 0.0520. The van der Waals surface area contributed by atoms with Crippen molar-refractivity contribution < 1.29 is 4.79 Å². The highest BCUT2D eigenvalue weighted by atomic mass is 16.1. The van der Waals surface area contributed by atoms with E-state index >= 15 is 0 Å². The second-order valence-electron chi connectivity index (χ2n) is 3.17. The lowest BCUT2D eigenvalue weighted by Gasteiger charge is -2.09. The normalized spacial score (nSPS) is 18.3. The smallest absolute Gasteiger partial charge is 0.250 e. The van der Waals surface area contributed by atoms with Crippen molar-refractivity contribution in [2.45, 2.75) is 19.8 Å². The van der Waals surface area contributed by atoms with Crippen molar-refractivity contribution in [1.82, 2.24) is 4.90 Å². The summed E-state index contributed by atoms with van der Waals surface area (Å²) in [5.74, 6) is 1.09. The van der Waals surface area contributed by atoms with Gasteiger partial charge < -0.3 is 4.90 Å². The van der Waals surface area contributed by atoms with Crippen LogP contribution < -0.4 is 0 Å². The summed E-state index contributed by atoms with van der Waals surface area (Å²) in [5, 5.41) is 0. The average Bonchev–Trinajstić information content (AvgIpc) is 2.67. The third-order valence-electron chi connectivity index (χ3n) is 1.85. The van der Waals surface area contributed by atoms with Crippen molar-refractivity contribution in [2.24, 2.45) is 10.9 Å². The van der Waals surface area contributed by atoms with Crippen LogP contribution in [-0.4, -0.2) is 30.7 Å². The Morgan fingerprint density at radius 2 is 2.00 bits per heavy atom. The lowest BCUT2D eigenvalue weighted by molar-refractivity contribution is -0.118.